The van der Waals surface area contributed by atoms with Gasteiger partial charge in [0.2, 0.25) is 0 Å². The molecule has 2 aliphatic rings. The predicted octanol–water partition coefficient (Wildman–Crippen LogP) is 2.35. The van der Waals surface area contributed by atoms with Crippen LogP contribution in [0.2, 0.25) is 0 Å². The first-order chi connectivity index (χ1) is 8.88. The van der Waals surface area contributed by atoms with E-state index < -0.39 is 0 Å². The van der Waals surface area contributed by atoms with Gasteiger partial charge in [-0.15, -0.1) is 0 Å². The zero-order chi connectivity index (χ0) is 13.8. The van der Waals surface area contributed by atoms with E-state index in [0.29, 0.717) is 23.5 Å². The summed E-state index contributed by atoms with van der Waals surface area (Å²) in [6.07, 6.45) is 2.53. The Morgan fingerprint density at radius 3 is 2.53 bits per heavy atom. The summed E-state index contributed by atoms with van der Waals surface area (Å²) in [5, 5.41) is 0. The third-order valence-corrected chi connectivity index (χ3v) is 4.23. The minimum absolute atomic E-state index is 0.0739. The maximum absolute atomic E-state index is 12.6. The summed E-state index contributed by atoms with van der Waals surface area (Å²) in [4.78, 5) is 23.1. The van der Waals surface area contributed by atoms with Crippen molar-refractivity contribution in [3.8, 4) is 0 Å². The number of nitrogens with zero attached hydrogens (tertiary/aromatic N) is 3. The summed E-state index contributed by atoms with van der Waals surface area (Å²) >= 11 is 0. The molecule has 4 nitrogen and oxygen atoms in total. The third-order valence-electron chi connectivity index (χ3n) is 4.23. The highest BCUT2D eigenvalue weighted by molar-refractivity contribution is 5.93. The molecule has 1 aliphatic carbocycles. The van der Waals surface area contributed by atoms with Gasteiger partial charge in [0.1, 0.15) is 11.5 Å². The fourth-order valence-electron chi connectivity index (χ4n) is 3.42. The van der Waals surface area contributed by atoms with E-state index in [0.717, 1.165) is 12.2 Å². The van der Waals surface area contributed by atoms with Crippen LogP contribution in [0.5, 0.6) is 0 Å². The molecule has 0 radical (unpaired) electrons. The molecule has 1 aliphatic heterocycles. The van der Waals surface area contributed by atoms with E-state index >= 15 is 0 Å². The van der Waals surface area contributed by atoms with Gasteiger partial charge < -0.3 is 4.90 Å². The topological polar surface area (TPSA) is 46.1 Å². The van der Waals surface area contributed by atoms with E-state index in [9.17, 15) is 4.79 Å². The molecule has 102 valence electrons. The summed E-state index contributed by atoms with van der Waals surface area (Å²) in [5.74, 6) is 1.45. The Labute approximate surface area is 114 Å². The van der Waals surface area contributed by atoms with Gasteiger partial charge in [0.05, 0.1) is 0 Å². The number of carbonyl (C=O) groups excluding carboxylic acids is 1. The van der Waals surface area contributed by atoms with E-state index in [1.165, 1.54) is 12.8 Å². The van der Waals surface area contributed by atoms with Crippen LogP contribution in [-0.4, -0.2) is 33.4 Å². The van der Waals surface area contributed by atoms with Gasteiger partial charge >= 0.3 is 0 Å². The second kappa shape index (κ2) is 4.02. The molecule has 2 fully saturated rings. The summed E-state index contributed by atoms with van der Waals surface area (Å²) in [6, 6.07) is 2.19. The smallest absolute Gasteiger partial charge is 0.272 e. The number of carbonyl (C=O) groups is 1. The molecule has 4 heteroatoms. The van der Waals surface area contributed by atoms with E-state index in [2.05, 4.69) is 23.8 Å². The molecule has 0 N–H and O–H groups in total. The normalized spacial score (nSPS) is 25.1. The SMILES string of the molecule is Cc1cc(C(=O)N2CC(C)(C)C2C2CC2)nc(C)n1. The van der Waals surface area contributed by atoms with Gasteiger partial charge in [0.15, 0.2) is 0 Å². The summed E-state index contributed by atoms with van der Waals surface area (Å²) in [7, 11) is 0. The number of hydrogen-bond donors (Lipinski definition) is 0. The summed E-state index contributed by atoms with van der Waals surface area (Å²) < 4.78 is 0. The standard InChI is InChI=1S/C15H21N3O/c1-9-7-12(17-10(2)16-9)14(19)18-8-15(3,4)13(18)11-5-6-11/h7,11,13H,5-6,8H2,1-4H3. The van der Waals surface area contributed by atoms with Crippen LogP contribution < -0.4 is 0 Å². The first kappa shape index (κ1) is 12.6. The lowest BCUT2D eigenvalue weighted by atomic mass is 9.72. The van der Waals surface area contributed by atoms with Gasteiger partial charge in [0.25, 0.3) is 5.91 Å². The minimum Gasteiger partial charge on any atom is -0.333 e. The molecule has 1 atom stereocenters. The molecule has 1 aromatic rings. The molecule has 1 saturated heterocycles. The Balaban J connectivity index is 1.84. The van der Waals surface area contributed by atoms with Crippen molar-refractivity contribution in [3.63, 3.8) is 0 Å². The molecule has 0 aromatic carbocycles. The van der Waals surface area contributed by atoms with Crippen LogP contribution in [0.1, 0.15) is 48.7 Å². The Kier molecular flexibility index (Phi) is 2.66. The zero-order valence-electron chi connectivity index (χ0n) is 12.1. The van der Waals surface area contributed by atoms with Crippen molar-refractivity contribution in [2.75, 3.05) is 6.54 Å². The fraction of sp³-hybridized carbons (Fsp3) is 0.667. The average Bonchev–Trinajstić information content (AvgIpc) is 3.08. The van der Waals surface area contributed by atoms with Crippen molar-refractivity contribution in [3.05, 3.63) is 23.3 Å². The zero-order valence-corrected chi connectivity index (χ0v) is 12.1. The molecule has 0 bridgehead atoms. The number of rotatable bonds is 2. The van der Waals surface area contributed by atoms with Crippen molar-refractivity contribution < 1.29 is 4.79 Å². The first-order valence-electron chi connectivity index (χ1n) is 7.02. The molecule has 1 saturated carbocycles. The van der Waals surface area contributed by atoms with Crippen LogP contribution >= 0.6 is 0 Å². The van der Waals surface area contributed by atoms with E-state index in [1.54, 1.807) is 6.07 Å². The van der Waals surface area contributed by atoms with Crippen molar-refractivity contribution in [2.24, 2.45) is 11.3 Å². The van der Waals surface area contributed by atoms with Crippen LogP contribution in [0.25, 0.3) is 0 Å². The maximum Gasteiger partial charge on any atom is 0.272 e. The second-order valence-electron chi connectivity index (χ2n) is 6.65. The van der Waals surface area contributed by atoms with E-state index in [-0.39, 0.29) is 11.3 Å². The number of aromatic nitrogens is 2. The second-order valence-corrected chi connectivity index (χ2v) is 6.65. The first-order valence-corrected chi connectivity index (χ1v) is 7.02. The monoisotopic (exact) mass is 259 g/mol. The highest BCUT2D eigenvalue weighted by Crippen LogP contribution is 2.50. The fourth-order valence-corrected chi connectivity index (χ4v) is 3.42. The maximum atomic E-state index is 12.6. The summed E-state index contributed by atoms with van der Waals surface area (Å²) in [6.45, 7) is 9.10. The molecule has 0 spiro atoms. The highest BCUT2D eigenvalue weighted by atomic mass is 16.2. The summed E-state index contributed by atoms with van der Waals surface area (Å²) in [5.41, 5.74) is 1.67. The van der Waals surface area contributed by atoms with Crippen LogP contribution in [0.15, 0.2) is 6.07 Å². The molecule has 1 aromatic heterocycles. The van der Waals surface area contributed by atoms with Gasteiger partial charge in [-0.1, -0.05) is 13.8 Å². The lowest BCUT2D eigenvalue weighted by Crippen LogP contribution is -2.64. The Morgan fingerprint density at radius 1 is 1.32 bits per heavy atom. The van der Waals surface area contributed by atoms with Gasteiger partial charge in [-0.3, -0.25) is 4.79 Å². The van der Waals surface area contributed by atoms with E-state index in [4.69, 9.17) is 0 Å². The van der Waals surface area contributed by atoms with Crippen molar-refractivity contribution in [2.45, 2.75) is 46.6 Å². The van der Waals surface area contributed by atoms with Crippen LogP contribution in [0, 0.1) is 25.2 Å². The number of amides is 1. The molecule has 19 heavy (non-hydrogen) atoms. The van der Waals surface area contributed by atoms with Crippen molar-refractivity contribution in [1.29, 1.82) is 0 Å². The quantitative estimate of drug-likeness (QED) is 0.819. The molecule has 1 unspecified atom stereocenters. The lowest BCUT2D eigenvalue weighted by Gasteiger charge is -2.54. The van der Waals surface area contributed by atoms with Crippen LogP contribution in [0.3, 0.4) is 0 Å². The predicted molar refractivity (Wildman–Crippen MR) is 72.8 cm³/mol. The van der Waals surface area contributed by atoms with Crippen LogP contribution in [-0.2, 0) is 0 Å². The Hall–Kier alpha value is -1.45. The largest absolute Gasteiger partial charge is 0.333 e. The highest BCUT2D eigenvalue weighted by Gasteiger charge is 2.54. The lowest BCUT2D eigenvalue weighted by molar-refractivity contribution is -0.0413. The van der Waals surface area contributed by atoms with E-state index in [1.807, 2.05) is 18.7 Å². The average molecular weight is 259 g/mol. The van der Waals surface area contributed by atoms with Crippen molar-refractivity contribution in [1.82, 2.24) is 14.9 Å². The molecular formula is C15H21N3O. The molecular weight excluding hydrogens is 238 g/mol. The van der Waals surface area contributed by atoms with Crippen LogP contribution in [0.4, 0.5) is 0 Å². The van der Waals surface area contributed by atoms with Gasteiger partial charge in [-0.2, -0.15) is 0 Å². The van der Waals surface area contributed by atoms with Gasteiger partial charge in [0, 0.05) is 23.7 Å². The third kappa shape index (κ3) is 2.13. The van der Waals surface area contributed by atoms with Gasteiger partial charge in [-0.25, -0.2) is 9.97 Å². The minimum atomic E-state index is 0.0739. The Bertz CT molecular complexity index is 514. The number of hydrogen-bond acceptors (Lipinski definition) is 3. The number of aryl methyl sites for hydroxylation is 2. The van der Waals surface area contributed by atoms with Crippen molar-refractivity contribution >= 4 is 5.91 Å². The van der Waals surface area contributed by atoms with Gasteiger partial charge in [-0.05, 0) is 38.7 Å². The Morgan fingerprint density at radius 2 is 2.00 bits per heavy atom. The molecule has 1 amide bonds. The number of likely N-dealkylation sites (tertiary alicyclic amines) is 1. The molecule has 3 rings (SSSR count). The molecule has 2 heterocycles.